The van der Waals surface area contributed by atoms with Crippen LogP contribution >= 0.6 is 0 Å². The fourth-order valence-corrected chi connectivity index (χ4v) is 2.23. The second-order valence-corrected chi connectivity index (χ2v) is 4.40. The summed E-state index contributed by atoms with van der Waals surface area (Å²) < 4.78 is 5.39. The number of aromatic nitrogens is 2. The van der Waals surface area contributed by atoms with Crippen molar-refractivity contribution in [2.45, 2.75) is 38.6 Å². The summed E-state index contributed by atoms with van der Waals surface area (Å²) in [6, 6.07) is 0.545. The molecule has 0 aromatic carbocycles. The van der Waals surface area contributed by atoms with E-state index in [2.05, 4.69) is 20.8 Å². The van der Waals surface area contributed by atoms with Crippen molar-refractivity contribution in [1.29, 1.82) is 0 Å². The molecule has 1 aromatic rings. The van der Waals surface area contributed by atoms with Gasteiger partial charge in [0.2, 0.25) is 5.89 Å². The third-order valence-electron chi connectivity index (χ3n) is 3.10. The molecular formula is C11H20N4O. The Bertz CT molecular complexity index is 307. The topological polar surface area (TPSA) is 63.0 Å². The highest BCUT2D eigenvalue weighted by Gasteiger charge is 2.14. The van der Waals surface area contributed by atoms with Gasteiger partial charge in [0.25, 0.3) is 0 Å². The number of rotatable bonds is 6. The Labute approximate surface area is 96.0 Å². The molecule has 0 saturated heterocycles. The minimum atomic E-state index is 0.545. The van der Waals surface area contributed by atoms with Crippen LogP contribution in [0.2, 0.25) is 0 Å². The molecule has 0 spiro atoms. The summed E-state index contributed by atoms with van der Waals surface area (Å²) in [4.78, 5) is 0. The van der Waals surface area contributed by atoms with Gasteiger partial charge in [-0.25, -0.2) is 0 Å². The van der Waals surface area contributed by atoms with Crippen molar-refractivity contribution in [2.75, 3.05) is 18.9 Å². The van der Waals surface area contributed by atoms with Gasteiger partial charge in [-0.05, 0) is 19.4 Å². The predicted molar refractivity (Wildman–Crippen MR) is 62.1 cm³/mol. The van der Waals surface area contributed by atoms with E-state index < -0.39 is 0 Å². The second kappa shape index (κ2) is 5.84. The summed E-state index contributed by atoms with van der Waals surface area (Å²) in [6.07, 6.45) is 6.78. The Morgan fingerprint density at radius 1 is 1.31 bits per heavy atom. The number of nitrogens with zero attached hydrogens (tertiary/aromatic N) is 2. The maximum atomic E-state index is 5.39. The van der Waals surface area contributed by atoms with Crippen LogP contribution in [0, 0.1) is 5.92 Å². The van der Waals surface area contributed by atoms with Gasteiger partial charge >= 0.3 is 6.01 Å². The van der Waals surface area contributed by atoms with E-state index in [0.29, 0.717) is 18.5 Å². The van der Waals surface area contributed by atoms with Crippen molar-refractivity contribution < 1.29 is 4.42 Å². The normalized spacial score (nSPS) is 16.8. The lowest BCUT2D eigenvalue weighted by Gasteiger charge is -2.07. The zero-order valence-corrected chi connectivity index (χ0v) is 9.83. The predicted octanol–water partition coefficient (Wildman–Crippen LogP) is 1.78. The Balaban J connectivity index is 1.67. The average Bonchev–Trinajstić information content (AvgIpc) is 2.90. The minimum Gasteiger partial charge on any atom is -0.407 e. The Morgan fingerprint density at radius 2 is 2.12 bits per heavy atom. The van der Waals surface area contributed by atoms with E-state index in [1.807, 2.05) is 7.05 Å². The first kappa shape index (κ1) is 11.4. The smallest absolute Gasteiger partial charge is 0.315 e. The van der Waals surface area contributed by atoms with E-state index in [-0.39, 0.29) is 0 Å². The van der Waals surface area contributed by atoms with E-state index in [4.69, 9.17) is 4.42 Å². The van der Waals surface area contributed by atoms with Gasteiger partial charge < -0.3 is 15.1 Å². The van der Waals surface area contributed by atoms with Crippen LogP contribution in [0.15, 0.2) is 4.42 Å². The van der Waals surface area contributed by atoms with Gasteiger partial charge in [-0.2, -0.15) is 0 Å². The molecule has 0 aliphatic heterocycles. The zero-order valence-electron chi connectivity index (χ0n) is 9.83. The van der Waals surface area contributed by atoms with Crippen LogP contribution in [0.3, 0.4) is 0 Å². The van der Waals surface area contributed by atoms with Gasteiger partial charge in [0.05, 0.1) is 6.54 Å². The molecule has 1 heterocycles. The molecule has 90 valence electrons. The van der Waals surface area contributed by atoms with Crippen molar-refractivity contribution >= 4 is 6.01 Å². The van der Waals surface area contributed by atoms with E-state index in [1.165, 1.54) is 32.1 Å². The second-order valence-electron chi connectivity index (χ2n) is 4.40. The molecule has 1 aromatic heterocycles. The first-order valence-corrected chi connectivity index (χ1v) is 6.09. The fourth-order valence-electron chi connectivity index (χ4n) is 2.23. The average molecular weight is 224 g/mol. The molecule has 5 nitrogen and oxygen atoms in total. The minimum absolute atomic E-state index is 0.545. The summed E-state index contributed by atoms with van der Waals surface area (Å²) in [5.74, 6) is 1.53. The first-order valence-electron chi connectivity index (χ1n) is 6.09. The Morgan fingerprint density at radius 3 is 2.88 bits per heavy atom. The lowest BCUT2D eigenvalue weighted by atomic mass is 10.0. The van der Waals surface area contributed by atoms with Crippen LogP contribution in [0.25, 0.3) is 0 Å². The quantitative estimate of drug-likeness (QED) is 0.771. The van der Waals surface area contributed by atoms with Crippen molar-refractivity contribution in [3.63, 3.8) is 0 Å². The highest BCUT2D eigenvalue weighted by Crippen LogP contribution is 2.27. The molecular weight excluding hydrogens is 204 g/mol. The van der Waals surface area contributed by atoms with E-state index in [0.717, 1.165) is 12.5 Å². The molecule has 2 N–H and O–H groups in total. The van der Waals surface area contributed by atoms with Gasteiger partial charge in [0.15, 0.2) is 0 Å². The lowest BCUT2D eigenvalue weighted by molar-refractivity contribution is 0.480. The summed E-state index contributed by atoms with van der Waals surface area (Å²) in [7, 11) is 1.86. The molecule has 1 saturated carbocycles. The lowest BCUT2D eigenvalue weighted by Crippen LogP contribution is -2.06. The van der Waals surface area contributed by atoms with Crippen LogP contribution in [-0.2, 0) is 6.54 Å². The number of anilines is 1. The molecule has 0 radical (unpaired) electrons. The molecule has 0 bridgehead atoms. The summed E-state index contributed by atoms with van der Waals surface area (Å²) in [5, 5.41) is 14.0. The van der Waals surface area contributed by atoms with Gasteiger partial charge in [-0.3, -0.25) is 0 Å². The maximum Gasteiger partial charge on any atom is 0.315 e. The van der Waals surface area contributed by atoms with E-state index in [9.17, 15) is 0 Å². The van der Waals surface area contributed by atoms with Crippen molar-refractivity contribution in [3.05, 3.63) is 5.89 Å². The first-order chi connectivity index (χ1) is 7.88. The largest absolute Gasteiger partial charge is 0.407 e. The number of nitrogens with one attached hydrogen (secondary N) is 2. The van der Waals surface area contributed by atoms with Crippen LogP contribution in [0.1, 0.15) is 38.0 Å². The molecule has 0 atom stereocenters. The molecule has 1 fully saturated rings. The number of hydrogen-bond donors (Lipinski definition) is 2. The van der Waals surface area contributed by atoms with Gasteiger partial charge in [0, 0.05) is 6.54 Å². The summed E-state index contributed by atoms with van der Waals surface area (Å²) in [6.45, 7) is 1.56. The van der Waals surface area contributed by atoms with Gasteiger partial charge in [-0.1, -0.05) is 30.8 Å². The molecule has 5 heteroatoms. The fraction of sp³-hybridized carbons (Fsp3) is 0.818. The highest BCUT2D eigenvalue weighted by atomic mass is 16.4. The molecule has 0 amide bonds. The third-order valence-corrected chi connectivity index (χ3v) is 3.10. The monoisotopic (exact) mass is 224 g/mol. The van der Waals surface area contributed by atoms with Crippen LogP contribution in [-0.4, -0.2) is 23.8 Å². The number of hydrogen-bond acceptors (Lipinski definition) is 5. The van der Waals surface area contributed by atoms with Crippen LogP contribution in [0.4, 0.5) is 6.01 Å². The summed E-state index contributed by atoms with van der Waals surface area (Å²) in [5.41, 5.74) is 0. The zero-order chi connectivity index (χ0) is 11.2. The SMILES string of the molecule is CNCc1nnc(NCCC2CCCC2)o1. The van der Waals surface area contributed by atoms with Crippen molar-refractivity contribution in [3.8, 4) is 0 Å². The van der Waals surface area contributed by atoms with Crippen molar-refractivity contribution in [1.82, 2.24) is 15.5 Å². The molecule has 1 aliphatic rings. The highest BCUT2D eigenvalue weighted by molar-refractivity contribution is 5.16. The molecule has 1 aliphatic carbocycles. The summed E-state index contributed by atoms with van der Waals surface area (Å²) >= 11 is 0. The molecule has 0 unspecified atom stereocenters. The third kappa shape index (κ3) is 3.20. The van der Waals surface area contributed by atoms with Gasteiger partial charge in [0.1, 0.15) is 0 Å². The molecule has 2 rings (SSSR count). The van der Waals surface area contributed by atoms with E-state index in [1.54, 1.807) is 0 Å². The van der Waals surface area contributed by atoms with E-state index >= 15 is 0 Å². The van der Waals surface area contributed by atoms with Crippen LogP contribution in [0.5, 0.6) is 0 Å². The maximum absolute atomic E-state index is 5.39. The van der Waals surface area contributed by atoms with Gasteiger partial charge in [-0.15, -0.1) is 5.10 Å². The Kier molecular flexibility index (Phi) is 4.16. The standard InChI is InChI=1S/C11H20N4O/c1-12-8-10-14-15-11(16-10)13-7-6-9-4-2-3-5-9/h9,12H,2-8H2,1H3,(H,13,15). The Hall–Kier alpha value is -1.10. The van der Waals surface area contributed by atoms with Crippen molar-refractivity contribution in [2.24, 2.45) is 5.92 Å². The molecule has 16 heavy (non-hydrogen) atoms. The van der Waals surface area contributed by atoms with Crippen LogP contribution < -0.4 is 10.6 Å².